The monoisotopic (exact) mass is 601 g/mol. The summed E-state index contributed by atoms with van der Waals surface area (Å²) in [6.07, 6.45) is 3.12. The number of thiophene rings is 1. The van der Waals surface area contributed by atoms with Gasteiger partial charge in [-0.05, 0) is 90.8 Å². The van der Waals surface area contributed by atoms with E-state index in [4.69, 9.17) is 9.39 Å². The van der Waals surface area contributed by atoms with Crippen molar-refractivity contribution in [3.8, 4) is 11.5 Å². The predicted octanol–water partition coefficient (Wildman–Crippen LogP) is 5.85. The van der Waals surface area contributed by atoms with Crippen LogP contribution < -0.4 is 4.74 Å². The number of allylic oxidation sites excluding steroid dienone is 1. The van der Waals surface area contributed by atoms with Gasteiger partial charge in [-0.3, -0.25) is 14.5 Å². The lowest BCUT2D eigenvalue weighted by atomic mass is 9.58. The Morgan fingerprint density at radius 1 is 1.14 bits per heavy atom. The number of rotatable bonds is 9. The summed E-state index contributed by atoms with van der Waals surface area (Å²) >= 11 is 1.51. The Morgan fingerprint density at radius 3 is 2.70 bits per heavy atom. The maximum atomic E-state index is 13.9. The molecule has 10 heteroatoms. The average molecular weight is 602 g/mol. The number of hydrogen-bond donors (Lipinski definition) is 2. The number of nitrogens with zero attached hydrogens (tertiary/aromatic N) is 1. The second kappa shape index (κ2) is 12.5. The molecule has 0 saturated carbocycles. The number of aromatic hydroxyl groups is 1. The second-order valence-corrected chi connectivity index (χ2v) is 12.5. The van der Waals surface area contributed by atoms with Gasteiger partial charge in [0.15, 0.2) is 11.6 Å². The molecule has 1 aromatic heterocycles. The van der Waals surface area contributed by atoms with E-state index in [-0.39, 0.29) is 37.2 Å². The third kappa shape index (κ3) is 6.18. The summed E-state index contributed by atoms with van der Waals surface area (Å²) in [6, 6.07) is 17.5. The number of ether oxygens (including phenoxy) is 1. The van der Waals surface area contributed by atoms with E-state index in [1.807, 2.05) is 60.8 Å². The molecule has 1 aliphatic carbocycles. The quantitative estimate of drug-likeness (QED) is 0.182. The van der Waals surface area contributed by atoms with E-state index in [9.17, 15) is 24.1 Å². The van der Waals surface area contributed by atoms with Crippen molar-refractivity contribution in [2.75, 3.05) is 6.61 Å². The summed E-state index contributed by atoms with van der Waals surface area (Å²) < 4.78 is 26.1. The summed E-state index contributed by atoms with van der Waals surface area (Å²) in [7, 11) is -1.07. The largest absolute Gasteiger partial charge is 0.505 e. The number of imide groups is 1. The number of para-hydroxylation sites is 1. The number of hydrogen-bond acceptors (Lipinski definition) is 7. The van der Waals surface area contributed by atoms with Gasteiger partial charge in [0.1, 0.15) is 12.4 Å². The first-order chi connectivity index (χ1) is 20.8. The molecule has 6 rings (SSSR count). The van der Waals surface area contributed by atoms with Crippen LogP contribution in [0.15, 0.2) is 82.8 Å². The first-order valence-corrected chi connectivity index (χ1v) is 15.4. The van der Waals surface area contributed by atoms with Crippen molar-refractivity contribution in [2.45, 2.75) is 45.2 Å². The van der Waals surface area contributed by atoms with Crippen molar-refractivity contribution in [1.82, 2.24) is 4.90 Å². The minimum Gasteiger partial charge on any atom is -0.505 e. The molecule has 7 nitrogen and oxygen atoms in total. The van der Waals surface area contributed by atoms with E-state index in [2.05, 4.69) is 0 Å². The normalized spacial score (nSPS) is 23.9. The van der Waals surface area contributed by atoms with Crippen LogP contribution in [0.3, 0.4) is 0 Å². The van der Waals surface area contributed by atoms with Gasteiger partial charge in [-0.15, -0.1) is 11.3 Å². The standard InChI is InChI=1S/C33H33BFNO6S/c1-20(14-21-10-11-28(37)27(35)15-21)9-12-29-30-22(19-41-23-6-3-2-4-7-23)16-25-31(26(30)17-34(40)42-29)33(39)36(32(25)38)18-24-8-5-13-43-24/h2-8,10-11,13-15,25-26,29,31,37,40H,9,12,16-19H2,1H3/b20-14+/t25-,26+,29-,31-/m1/s1. The number of amides is 2. The van der Waals surface area contributed by atoms with Crippen LogP contribution >= 0.6 is 11.3 Å². The number of phenolic OH excluding ortho intramolecular Hbond substituents is 1. The van der Waals surface area contributed by atoms with Crippen LogP contribution in [0.25, 0.3) is 6.08 Å². The lowest BCUT2D eigenvalue weighted by Crippen LogP contribution is -2.46. The molecule has 2 aliphatic heterocycles. The van der Waals surface area contributed by atoms with Crippen LogP contribution in [0.1, 0.15) is 36.6 Å². The van der Waals surface area contributed by atoms with E-state index in [1.165, 1.54) is 28.4 Å². The van der Waals surface area contributed by atoms with Crippen LogP contribution in [-0.4, -0.2) is 46.7 Å². The van der Waals surface area contributed by atoms with Gasteiger partial charge in [0.05, 0.1) is 24.5 Å². The van der Waals surface area contributed by atoms with Crippen molar-refractivity contribution in [3.63, 3.8) is 0 Å². The Kier molecular flexibility index (Phi) is 8.52. The minimum absolute atomic E-state index is 0.169. The highest BCUT2D eigenvalue weighted by molar-refractivity contribution is 7.09. The highest BCUT2D eigenvalue weighted by Crippen LogP contribution is 2.51. The highest BCUT2D eigenvalue weighted by atomic mass is 32.1. The molecule has 3 aliphatic rings. The van der Waals surface area contributed by atoms with Crippen molar-refractivity contribution in [2.24, 2.45) is 17.8 Å². The number of fused-ring (bicyclic) bond motifs is 3. The van der Waals surface area contributed by atoms with Crippen molar-refractivity contribution in [1.29, 1.82) is 0 Å². The Morgan fingerprint density at radius 2 is 1.95 bits per heavy atom. The van der Waals surface area contributed by atoms with Gasteiger partial charge in [-0.2, -0.15) is 0 Å². The number of phenols is 1. The van der Waals surface area contributed by atoms with Gasteiger partial charge in [-0.25, -0.2) is 4.39 Å². The minimum atomic E-state index is -1.07. The molecular weight excluding hydrogens is 568 g/mol. The van der Waals surface area contributed by atoms with E-state index in [0.717, 1.165) is 21.6 Å². The van der Waals surface area contributed by atoms with Crippen molar-refractivity contribution < 1.29 is 33.5 Å². The Hall–Kier alpha value is -3.73. The summed E-state index contributed by atoms with van der Waals surface area (Å²) in [6.45, 7) is 2.45. The molecule has 222 valence electrons. The maximum Gasteiger partial charge on any atom is 0.455 e. The smallest absolute Gasteiger partial charge is 0.455 e. The SMILES string of the molecule is C/C(=C\c1ccc(O)c(F)c1)CC[C@H]1OB(O)C[C@H]2C1=C(COc1ccccc1)C[C@H]1C(=O)N(Cc3cccs3)C(=O)[C@H]12. The van der Waals surface area contributed by atoms with Crippen LogP contribution in [0, 0.1) is 23.6 Å². The number of halogens is 1. The van der Waals surface area contributed by atoms with Gasteiger partial charge in [-0.1, -0.05) is 42.0 Å². The molecule has 0 bridgehead atoms. The Labute approximate surface area is 254 Å². The van der Waals surface area contributed by atoms with Gasteiger partial charge in [0, 0.05) is 4.88 Å². The molecule has 3 heterocycles. The molecular formula is C33H33BFNO6S. The summed E-state index contributed by atoms with van der Waals surface area (Å²) in [4.78, 5) is 29.8. The van der Waals surface area contributed by atoms with Gasteiger partial charge in [0.25, 0.3) is 0 Å². The Balaban J connectivity index is 1.29. The first kappa shape index (κ1) is 29.4. The van der Waals surface area contributed by atoms with E-state index in [0.29, 0.717) is 30.6 Å². The first-order valence-electron chi connectivity index (χ1n) is 14.5. The van der Waals surface area contributed by atoms with Crippen molar-refractivity contribution in [3.05, 3.63) is 99.0 Å². The van der Waals surface area contributed by atoms with Crippen LogP contribution in [0.2, 0.25) is 6.32 Å². The van der Waals surface area contributed by atoms with E-state index in [1.54, 1.807) is 6.07 Å². The molecule has 43 heavy (non-hydrogen) atoms. The fourth-order valence-electron chi connectivity index (χ4n) is 6.69. The molecule has 0 spiro atoms. The maximum absolute atomic E-state index is 13.9. The summed E-state index contributed by atoms with van der Waals surface area (Å²) in [5, 5.41) is 22.3. The molecule has 2 amide bonds. The molecule has 2 aromatic carbocycles. The highest BCUT2D eigenvalue weighted by Gasteiger charge is 2.57. The topological polar surface area (TPSA) is 96.3 Å². The molecule has 0 radical (unpaired) electrons. The zero-order valence-corrected chi connectivity index (χ0v) is 24.6. The number of carbonyl (C=O) groups excluding carboxylic acids is 2. The fraction of sp³-hybridized carbons (Fsp3) is 0.333. The van der Waals surface area contributed by atoms with E-state index < -0.39 is 36.6 Å². The average Bonchev–Trinajstić information content (AvgIpc) is 3.59. The molecule has 0 unspecified atom stereocenters. The third-order valence-electron chi connectivity index (χ3n) is 8.64. The van der Waals surface area contributed by atoms with Gasteiger partial charge in [0.2, 0.25) is 11.8 Å². The molecule has 4 atom stereocenters. The van der Waals surface area contributed by atoms with Crippen LogP contribution in [-0.2, 0) is 20.8 Å². The molecule has 2 saturated heterocycles. The van der Waals surface area contributed by atoms with Crippen LogP contribution in [0.5, 0.6) is 11.5 Å². The van der Waals surface area contributed by atoms with Crippen molar-refractivity contribution >= 4 is 36.3 Å². The number of likely N-dealkylation sites (tertiary alicyclic amines) is 1. The predicted molar refractivity (Wildman–Crippen MR) is 163 cm³/mol. The van der Waals surface area contributed by atoms with Gasteiger partial charge < -0.3 is 19.5 Å². The lowest BCUT2D eigenvalue weighted by Gasteiger charge is -2.43. The molecule has 2 fully saturated rings. The lowest BCUT2D eigenvalue weighted by molar-refractivity contribution is -0.140. The summed E-state index contributed by atoms with van der Waals surface area (Å²) in [5.74, 6) is -2.14. The third-order valence-corrected chi connectivity index (χ3v) is 9.50. The summed E-state index contributed by atoms with van der Waals surface area (Å²) in [5.41, 5.74) is 3.49. The van der Waals surface area contributed by atoms with E-state index >= 15 is 0 Å². The van der Waals surface area contributed by atoms with Crippen LogP contribution in [0.4, 0.5) is 4.39 Å². The Bertz CT molecular complexity index is 1560. The zero-order valence-electron chi connectivity index (χ0n) is 23.8. The fourth-order valence-corrected chi connectivity index (χ4v) is 7.38. The number of benzene rings is 2. The zero-order chi connectivity index (χ0) is 30.1. The van der Waals surface area contributed by atoms with Gasteiger partial charge >= 0.3 is 7.12 Å². The molecule has 2 N–H and O–H groups in total. The number of carbonyl (C=O) groups is 2. The second-order valence-electron chi connectivity index (χ2n) is 11.5. The molecule has 3 aromatic rings.